The van der Waals surface area contributed by atoms with Crippen molar-refractivity contribution in [2.45, 2.75) is 18.6 Å². The van der Waals surface area contributed by atoms with Crippen molar-refractivity contribution in [2.75, 3.05) is 0 Å². The number of nitrogens with zero attached hydrogens (tertiary/aromatic N) is 3. The van der Waals surface area contributed by atoms with Crippen LogP contribution in [0, 0.1) is 10.1 Å². The summed E-state index contributed by atoms with van der Waals surface area (Å²) in [5, 5.41) is 15.0. The van der Waals surface area contributed by atoms with E-state index >= 15 is 0 Å². The van der Waals surface area contributed by atoms with Crippen LogP contribution in [0.1, 0.15) is 29.1 Å². The summed E-state index contributed by atoms with van der Waals surface area (Å²) in [6.45, 7) is 0.619. The molecule has 0 unspecified atom stereocenters. The molecule has 1 fully saturated rings. The summed E-state index contributed by atoms with van der Waals surface area (Å²) in [5.41, 5.74) is 2.81. The molecule has 0 saturated carbocycles. The van der Waals surface area contributed by atoms with E-state index in [4.69, 9.17) is 16.6 Å². The number of furan rings is 1. The molecule has 2 aromatic carbocycles. The van der Waals surface area contributed by atoms with E-state index in [0.29, 0.717) is 17.4 Å². The normalized spacial score (nSPS) is 17.7. The first-order chi connectivity index (χ1) is 16.1. The summed E-state index contributed by atoms with van der Waals surface area (Å²) in [6, 6.07) is 25.7. The number of non-ortho nitro benzene ring substituents is 1. The lowest BCUT2D eigenvalue weighted by Crippen LogP contribution is -2.29. The van der Waals surface area contributed by atoms with E-state index in [1.165, 1.54) is 12.1 Å². The summed E-state index contributed by atoms with van der Waals surface area (Å²) >= 11 is 5.71. The largest absolute Gasteiger partial charge is 0.459 e. The molecule has 4 aromatic rings. The number of pyridine rings is 1. The third-order valence-corrected chi connectivity index (χ3v) is 6.03. The predicted octanol–water partition coefficient (Wildman–Crippen LogP) is 5.42. The van der Waals surface area contributed by atoms with Crippen LogP contribution in [0.3, 0.4) is 0 Å². The van der Waals surface area contributed by atoms with Gasteiger partial charge in [-0.1, -0.05) is 36.4 Å². The third-order valence-electron chi connectivity index (χ3n) is 5.67. The molecule has 5 rings (SSSR count). The van der Waals surface area contributed by atoms with Gasteiger partial charge in [0.2, 0.25) is 0 Å². The Hall–Kier alpha value is -4.04. The van der Waals surface area contributed by atoms with E-state index < -0.39 is 4.92 Å². The highest BCUT2D eigenvalue weighted by Gasteiger charge is 2.41. The van der Waals surface area contributed by atoms with Crippen LogP contribution in [-0.2, 0) is 6.54 Å². The van der Waals surface area contributed by atoms with E-state index in [9.17, 15) is 10.1 Å². The second-order valence-electron chi connectivity index (χ2n) is 7.75. The maximum Gasteiger partial charge on any atom is 0.269 e. The summed E-state index contributed by atoms with van der Waals surface area (Å²) in [6.07, 6.45) is 1.77. The number of rotatable bonds is 6. The molecule has 3 heterocycles. The molecule has 164 valence electrons. The Morgan fingerprint density at radius 3 is 2.45 bits per heavy atom. The molecule has 0 aliphatic carbocycles. The summed E-state index contributed by atoms with van der Waals surface area (Å²) in [7, 11) is 0. The van der Waals surface area contributed by atoms with Gasteiger partial charge in [0.25, 0.3) is 5.69 Å². The minimum atomic E-state index is -0.415. The quantitative estimate of drug-likeness (QED) is 0.235. The van der Waals surface area contributed by atoms with Gasteiger partial charge in [-0.3, -0.25) is 15.1 Å². The highest BCUT2D eigenvalue weighted by atomic mass is 32.1. The van der Waals surface area contributed by atoms with Crippen molar-refractivity contribution in [3.05, 3.63) is 118 Å². The number of benzene rings is 2. The lowest BCUT2D eigenvalue weighted by atomic mass is 10.0. The predicted molar refractivity (Wildman–Crippen MR) is 128 cm³/mol. The van der Waals surface area contributed by atoms with Gasteiger partial charge in [-0.2, -0.15) is 0 Å². The monoisotopic (exact) mass is 456 g/mol. The van der Waals surface area contributed by atoms with Crippen molar-refractivity contribution in [3.8, 4) is 11.3 Å². The Bertz CT molecular complexity index is 1280. The van der Waals surface area contributed by atoms with Gasteiger partial charge in [0, 0.05) is 30.4 Å². The molecule has 0 amide bonds. The van der Waals surface area contributed by atoms with E-state index in [-0.39, 0.29) is 17.8 Å². The first-order valence-electron chi connectivity index (χ1n) is 10.5. The fourth-order valence-electron chi connectivity index (χ4n) is 4.08. The Labute approximate surface area is 195 Å². The van der Waals surface area contributed by atoms with Crippen LogP contribution in [0.2, 0.25) is 0 Å². The van der Waals surface area contributed by atoms with E-state index in [0.717, 1.165) is 22.6 Å². The Morgan fingerprint density at radius 1 is 1.00 bits per heavy atom. The molecular formula is C25H20N4O3S. The van der Waals surface area contributed by atoms with Crippen LogP contribution in [-0.4, -0.2) is 19.9 Å². The van der Waals surface area contributed by atoms with Crippen LogP contribution in [0.15, 0.2) is 95.5 Å². The smallest absolute Gasteiger partial charge is 0.269 e. The summed E-state index contributed by atoms with van der Waals surface area (Å²) in [4.78, 5) is 17.2. The van der Waals surface area contributed by atoms with Crippen molar-refractivity contribution in [1.82, 2.24) is 15.2 Å². The molecule has 1 aliphatic rings. The second kappa shape index (κ2) is 8.84. The average Bonchev–Trinajstić information content (AvgIpc) is 3.45. The highest BCUT2D eigenvalue weighted by molar-refractivity contribution is 7.80. The molecular weight excluding hydrogens is 436 g/mol. The average molecular weight is 457 g/mol. The van der Waals surface area contributed by atoms with Gasteiger partial charge in [0.05, 0.1) is 16.7 Å². The molecule has 0 spiro atoms. The van der Waals surface area contributed by atoms with Crippen molar-refractivity contribution in [3.63, 3.8) is 0 Å². The topological polar surface area (TPSA) is 84.4 Å². The zero-order chi connectivity index (χ0) is 22.8. The Balaban J connectivity index is 1.51. The van der Waals surface area contributed by atoms with Crippen LogP contribution in [0.25, 0.3) is 11.3 Å². The minimum Gasteiger partial charge on any atom is -0.459 e. The molecule has 1 N–H and O–H groups in total. The van der Waals surface area contributed by atoms with Crippen molar-refractivity contribution in [1.29, 1.82) is 0 Å². The number of hydrogen-bond acceptors (Lipinski definition) is 5. The number of nitro benzene ring substituents is 1. The maximum absolute atomic E-state index is 11.0. The fraction of sp³-hybridized carbons (Fsp3) is 0.120. The van der Waals surface area contributed by atoms with Crippen LogP contribution < -0.4 is 5.32 Å². The first kappa shape index (κ1) is 20.8. The number of nitro groups is 1. The number of aromatic nitrogens is 1. The van der Waals surface area contributed by atoms with Gasteiger partial charge in [0.15, 0.2) is 5.11 Å². The number of thiocarbonyl (C=S) groups is 1. The van der Waals surface area contributed by atoms with Gasteiger partial charge in [-0.25, -0.2) is 0 Å². The van der Waals surface area contributed by atoms with Gasteiger partial charge in [-0.05, 0) is 54.2 Å². The summed E-state index contributed by atoms with van der Waals surface area (Å²) < 4.78 is 6.28. The van der Waals surface area contributed by atoms with Crippen LogP contribution >= 0.6 is 12.2 Å². The molecule has 0 bridgehead atoms. The van der Waals surface area contributed by atoms with E-state index in [1.54, 1.807) is 18.3 Å². The standard InChI is InChI=1S/C25H20N4O3S/c30-29(31)19-11-9-18(10-12-19)21-13-14-22(32-21)24-23(20-8-4-5-15-26-20)27-25(33)28(24)16-17-6-2-1-3-7-17/h1-15,23-24H,16H2,(H,27,33)/t23-,24-/m1/s1. The molecule has 0 radical (unpaired) electrons. The number of nitrogens with one attached hydrogen (secondary N) is 1. The highest BCUT2D eigenvalue weighted by Crippen LogP contribution is 2.41. The zero-order valence-electron chi connectivity index (χ0n) is 17.5. The molecule has 8 heteroatoms. The first-order valence-corrected chi connectivity index (χ1v) is 10.9. The lowest BCUT2D eigenvalue weighted by molar-refractivity contribution is -0.384. The van der Waals surface area contributed by atoms with Crippen molar-refractivity contribution >= 4 is 23.0 Å². The maximum atomic E-state index is 11.0. The molecule has 1 aliphatic heterocycles. The van der Waals surface area contributed by atoms with Gasteiger partial charge in [-0.15, -0.1) is 0 Å². The van der Waals surface area contributed by atoms with Crippen molar-refractivity contribution in [2.24, 2.45) is 0 Å². The molecule has 7 nitrogen and oxygen atoms in total. The fourth-order valence-corrected chi connectivity index (χ4v) is 4.38. The lowest BCUT2D eigenvalue weighted by Gasteiger charge is -2.26. The molecule has 2 aromatic heterocycles. The molecule has 33 heavy (non-hydrogen) atoms. The van der Waals surface area contributed by atoms with Gasteiger partial charge < -0.3 is 14.6 Å². The zero-order valence-corrected chi connectivity index (χ0v) is 18.3. The molecule has 2 atom stereocenters. The van der Waals surface area contributed by atoms with E-state index in [2.05, 4.69) is 27.3 Å². The Kier molecular flexibility index (Phi) is 5.58. The molecule has 1 saturated heterocycles. The van der Waals surface area contributed by atoms with Crippen LogP contribution in [0.5, 0.6) is 0 Å². The van der Waals surface area contributed by atoms with Gasteiger partial charge >= 0.3 is 0 Å². The Morgan fingerprint density at radius 2 is 1.76 bits per heavy atom. The second-order valence-corrected chi connectivity index (χ2v) is 8.13. The summed E-state index contributed by atoms with van der Waals surface area (Å²) in [5.74, 6) is 1.37. The number of hydrogen-bond donors (Lipinski definition) is 1. The minimum absolute atomic E-state index is 0.0418. The third kappa shape index (κ3) is 4.20. The SMILES string of the molecule is O=[N+]([O-])c1ccc(-c2ccc([C@@H]3[C@@H](c4ccccn4)NC(=S)N3Cc3ccccc3)o2)cc1. The van der Waals surface area contributed by atoms with Crippen LogP contribution in [0.4, 0.5) is 5.69 Å². The van der Waals surface area contributed by atoms with Gasteiger partial charge in [0.1, 0.15) is 17.6 Å². The van der Waals surface area contributed by atoms with E-state index in [1.807, 2.05) is 48.5 Å². The van der Waals surface area contributed by atoms with Crippen molar-refractivity contribution < 1.29 is 9.34 Å².